The normalized spacial score (nSPS) is 11.3. The van der Waals surface area contributed by atoms with Gasteiger partial charge in [-0.3, -0.25) is 0 Å². The molecule has 0 heterocycles. The topological polar surface area (TPSA) is 47.8 Å². The van der Waals surface area contributed by atoms with E-state index in [0.717, 1.165) is 17.7 Å². The molecule has 0 spiro atoms. The van der Waals surface area contributed by atoms with E-state index in [4.69, 9.17) is 17.5 Å². The Hall–Kier alpha value is -2.38. The van der Waals surface area contributed by atoms with E-state index in [-0.39, 0.29) is 6.04 Å². The zero-order valence-electron chi connectivity index (χ0n) is 12.5. The van der Waals surface area contributed by atoms with Gasteiger partial charge in [0.1, 0.15) is 0 Å². The number of rotatable bonds is 5. The van der Waals surface area contributed by atoms with E-state index in [0.29, 0.717) is 11.5 Å². The second-order valence-corrected chi connectivity index (χ2v) is 5.41. The molecule has 112 valence electrons. The van der Waals surface area contributed by atoms with Crippen molar-refractivity contribution >= 4 is 23.0 Å². The second kappa shape index (κ2) is 8.16. The Labute approximate surface area is 137 Å². The molecule has 0 fully saturated rings. The Bertz CT molecular complexity index is 644. The molecule has 22 heavy (non-hydrogen) atoms. The van der Waals surface area contributed by atoms with Gasteiger partial charge in [0.15, 0.2) is 5.11 Å². The first-order valence-corrected chi connectivity index (χ1v) is 7.72. The molecule has 0 saturated heterocycles. The van der Waals surface area contributed by atoms with E-state index in [1.807, 2.05) is 42.5 Å². The quantitative estimate of drug-likeness (QED) is 0.813. The predicted molar refractivity (Wildman–Crippen MR) is 94.6 cm³/mol. The van der Waals surface area contributed by atoms with E-state index in [1.165, 1.54) is 5.56 Å². The molecule has 0 saturated carbocycles. The van der Waals surface area contributed by atoms with E-state index >= 15 is 0 Å². The number of anilines is 1. The van der Waals surface area contributed by atoms with Crippen molar-refractivity contribution in [1.82, 2.24) is 5.32 Å². The van der Waals surface area contributed by atoms with E-state index < -0.39 is 0 Å². The lowest BCUT2D eigenvalue weighted by Crippen LogP contribution is -2.32. The molecule has 2 N–H and O–H groups in total. The van der Waals surface area contributed by atoms with Crippen molar-refractivity contribution in [3.8, 4) is 6.07 Å². The van der Waals surface area contributed by atoms with Gasteiger partial charge in [-0.1, -0.05) is 49.4 Å². The predicted octanol–water partition coefficient (Wildman–Crippen LogP) is 4.19. The van der Waals surface area contributed by atoms with Crippen LogP contribution in [-0.2, 0) is 6.42 Å². The second-order valence-electron chi connectivity index (χ2n) is 5.00. The van der Waals surface area contributed by atoms with Crippen molar-refractivity contribution in [3.63, 3.8) is 0 Å². The van der Waals surface area contributed by atoms with Gasteiger partial charge >= 0.3 is 0 Å². The van der Waals surface area contributed by atoms with E-state index in [1.54, 1.807) is 0 Å². The van der Waals surface area contributed by atoms with Crippen LogP contribution in [0.25, 0.3) is 0 Å². The summed E-state index contributed by atoms with van der Waals surface area (Å²) in [7, 11) is 0. The molecule has 0 radical (unpaired) electrons. The van der Waals surface area contributed by atoms with Crippen LogP contribution in [-0.4, -0.2) is 5.11 Å². The average Bonchev–Trinajstić information content (AvgIpc) is 2.55. The van der Waals surface area contributed by atoms with Gasteiger partial charge in [0.25, 0.3) is 0 Å². The summed E-state index contributed by atoms with van der Waals surface area (Å²) in [4.78, 5) is 0. The van der Waals surface area contributed by atoms with Crippen molar-refractivity contribution in [1.29, 1.82) is 5.26 Å². The number of thiocarbonyl (C=S) groups is 1. The maximum atomic E-state index is 8.67. The van der Waals surface area contributed by atoms with Crippen LogP contribution in [0.2, 0.25) is 0 Å². The average molecular weight is 309 g/mol. The summed E-state index contributed by atoms with van der Waals surface area (Å²) in [6.07, 6.45) is 1.38. The van der Waals surface area contributed by atoms with Crippen LogP contribution in [0.15, 0.2) is 54.6 Å². The monoisotopic (exact) mass is 309 g/mol. The molecular formula is C18H19N3S. The van der Waals surface area contributed by atoms with Crippen LogP contribution in [0.3, 0.4) is 0 Å². The molecule has 0 aliphatic carbocycles. The number of nitriles is 1. The van der Waals surface area contributed by atoms with Crippen LogP contribution >= 0.6 is 12.2 Å². The molecule has 0 aromatic heterocycles. The van der Waals surface area contributed by atoms with Crippen LogP contribution < -0.4 is 10.6 Å². The minimum atomic E-state index is 0.194. The zero-order chi connectivity index (χ0) is 15.8. The van der Waals surface area contributed by atoms with Crippen molar-refractivity contribution in [2.24, 2.45) is 0 Å². The maximum absolute atomic E-state index is 8.67. The van der Waals surface area contributed by atoms with E-state index in [2.05, 4.69) is 35.8 Å². The van der Waals surface area contributed by atoms with Gasteiger partial charge in [-0.25, -0.2) is 0 Å². The first-order chi connectivity index (χ1) is 10.7. The highest BCUT2D eigenvalue weighted by molar-refractivity contribution is 7.80. The summed E-state index contributed by atoms with van der Waals surface area (Å²) in [6, 6.07) is 20.3. The zero-order valence-corrected chi connectivity index (χ0v) is 13.4. The van der Waals surface area contributed by atoms with Crippen molar-refractivity contribution < 1.29 is 0 Å². The Kier molecular flexibility index (Phi) is 5.93. The Balaban J connectivity index is 1.95. The Morgan fingerprint density at radius 3 is 2.41 bits per heavy atom. The lowest BCUT2D eigenvalue weighted by molar-refractivity contribution is 0.629. The highest BCUT2D eigenvalue weighted by atomic mass is 32.1. The van der Waals surface area contributed by atoms with Crippen molar-refractivity contribution in [3.05, 3.63) is 65.7 Å². The van der Waals surface area contributed by atoms with Gasteiger partial charge in [0.05, 0.1) is 18.5 Å². The number of hydrogen-bond acceptors (Lipinski definition) is 2. The van der Waals surface area contributed by atoms with Crippen LogP contribution in [0.4, 0.5) is 5.69 Å². The largest absolute Gasteiger partial charge is 0.356 e. The molecule has 2 aromatic rings. The van der Waals surface area contributed by atoms with Gasteiger partial charge in [-0.15, -0.1) is 0 Å². The van der Waals surface area contributed by atoms with Gasteiger partial charge in [0, 0.05) is 5.69 Å². The first kappa shape index (κ1) is 16.0. The lowest BCUT2D eigenvalue weighted by Gasteiger charge is -2.20. The minimum absolute atomic E-state index is 0.194. The Morgan fingerprint density at radius 1 is 1.14 bits per heavy atom. The number of hydrogen-bond donors (Lipinski definition) is 2. The van der Waals surface area contributed by atoms with Crippen LogP contribution in [0, 0.1) is 11.3 Å². The fourth-order valence-corrected chi connectivity index (χ4v) is 2.49. The highest BCUT2D eigenvalue weighted by Crippen LogP contribution is 2.16. The highest BCUT2D eigenvalue weighted by Gasteiger charge is 2.10. The molecule has 2 rings (SSSR count). The summed E-state index contributed by atoms with van der Waals surface area (Å²) in [5, 5.41) is 15.8. The SMILES string of the molecule is CCC(NC(=S)Nc1ccc(CC#N)cc1)c1ccccc1. The fraction of sp³-hybridized carbons (Fsp3) is 0.222. The van der Waals surface area contributed by atoms with Crippen LogP contribution in [0.1, 0.15) is 30.5 Å². The molecule has 2 aromatic carbocycles. The lowest BCUT2D eigenvalue weighted by atomic mass is 10.1. The summed E-state index contributed by atoms with van der Waals surface area (Å²) >= 11 is 5.39. The molecule has 0 amide bonds. The van der Waals surface area contributed by atoms with Gasteiger partial charge in [-0.2, -0.15) is 5.26 Å². The molecular weight excluding hydrogens is 290 g/mol. The van der Waals surface area contributed by atoms with Gasteiger partial charge in [0.2, 0.25) is 0 Å². The number of benzene rings is 2. The van der Waals surface area contributed by atoms with Crippen molar-refractivity contribution in [2.75, 3.05) is 5.32 Å². The smallest absolute Gasteiger partial charge is 0.171 e. The molecule has 0 aliphatic rings. The molecule has 4 heteroatoms. The first-order valence-electron chi connectivity index (χ1n) is 7.31. The van der Waals surface area contributed by atoms with E-state index in [9.17, 15) is 0 Å². The summed E-state index contributed by atoms with van der Waals surface area (Å²) in [5.41, 5.74) is 3.14. The van der Waals surface area contributed by atoms with Crippen molar-refractivity contribution in [2.45, 2.75) is 25.8 Å². The molecule has 0 bridgehead atoms. The molecule has 1 atom stereocenters. The third-order valence-electron chi connectivity index (χ3n) is 3.41. The van der Waals surface area contributed by atoms with Gasteiger partial charge in [-0.05, 0) is 41.9 Å². The fourth-order valence-electron chi connectivity index (χ4n) is 2.23. The maximum Gasteiger partial charge on any atom is 0.171 e. The summed E-state index contributed by atoms with van der Waals surface area (Å²) in [5.74, 6) is 0. The molecule has 1 unspecified atom stereocenters. The standard InChI is InChI=1S/C18H19N3S/c1-2-17(15-6-4-3-5-7-15)21-18(22)20-16-10-8-14(9-11-16)12-13-19/h3-11,17H,2,12H2,1H3,(H2,20,21,22). The Morgan fingerprint density at radius 2 is 1.82 bits per heavy atom. The minimum Gasteiger partial charge on any atom is -0.356 e. The molecule has 3 nitrogen and oxygen atoms in total. The number of nitrogens with one attached hydrogen (secondary N) is 2. The molecule has 0 aliphatic heterocycles. The van der Waals surface area contributed by atoms with Gasteiger partial charge < -0.3 is 10.6 Å². The number of nitrogens with zero attached hydrogens (tertiary/aromatic N) is 1. The third kappa shape index (κ3) is 4.57. The summed E-state index contributed by atoms with van der Waals surface area (Å²) < 4.78 is 0. The third-order valence-corrected chi connectivity index (χ3v) is 3.63. The summed E-state index contributed by atoms with van der Waals surface area (Å²) in [6.45, 7) is 2.13. The van der Waals surface area contributed by atoms with Crippen LogP contribution in [0.5, 0.6) is 0 Å².